The number of hydrogen-bond donors (Lipinski definition) is 3. The number of likely N-dealkylation sites (N-methyl/N-ethyl adjacent to an activating group) is 1. The normalized spacial score (nSPS) is 32.5. The third kappa shape index (κ3) is 4.38. The van der Waals surface area contributed by atoms with Gasteiger partial charge in [0.05, 0.1) is 17.5 Å². The second-order valence-electron chi connectivity index (χ2n) is 12.4. The molecular formula is C29H37FN4O7. The van der Waals surface area contributed by atoms with Crippen LogP contribution in [0.4, 0.5) is 10.1 Å². The van der Waals surface area contributed by atoms with Crippen LogP contribution in [0.25, 0.3) is 0 Å². The van der Waals surface area contributed by atoms with Crippen LogP contribution in [-0.2, 0) is 32.1 Å². The summed E-state index contributed by atoms with van der Waals surface area (Å²) in [6, 6.07) is 0.659. The maximum absolute atomic E-state index is 14.1. The minimum Gasteiger partial charge on any atom is -0.507 e. The quantitative estimate of drug-likeness (QED) is 0.405. The Labute approximate surface area is 237 Å². The van der Waals surface area contributed by atoms with E-state index in [4.69, 9.17) is 5.73 Å². The molecule has 3 fully saturated rings. The van der Waals surface area contributed by atoms with E-state index in [1.54, 1.807) is 34.3 Å². The summed E-state index contributed by atoms with van der Waals surface area (Å²) in [5, 5.41) is 23.1. The third-order valence-electron chi connectivity index (χ3n) is 9.51. The zero-order valence-electron chi connectivity index (χ0n) is 23.7. The van der Waals surface area contributed by atoms with E-state index in [1.807, 2.05) is 9.80 Å². The smallest absolute Gasteiger partial charge is 0.235 e. The molecule has 1 aromatic rings. The van der Waals surface area contributed by atoms with Crippen LogP contribution in [0.15, 0.2) is 6.07 Å². The summed E-state index contributed by atoms with van der Waals surface area (Å²) >= 11 is 0. The fourth-order valence-electron chi connectivity index (χ4n) is 7.53. The second-order valence-corrected chi connectivity index (χ2v) is 12.4. The number of ketones is 4. The Morgan fingerprint density at radius 2 is 1.76 bits per heavy atom. The van der Waals surface area contributed by atoms with E-state index in [0.717, 1.165) is 0 Å². The number of nitrogens with zero attached hydrogens (tertiary/aromatic N) is 3. The number of piperidine rings is 1. The van der Waals surface area contributed by atoms with Crippen LogP contribution < -0.4 is 10.6 Å². The minimum atomic E-state index is -2.76. The molecule has 5 rings (SSSR count). The Bertz CT molecular complexity index is 1340. The number of alkyl halides is 1. The molecule has 2 saturated carbocycles. The zero-order valence-corrected chi connectivity index (χ0v) is 23.7. The lowest BCUT2D eigenvalue weighted by Gasteiger charge is -2.52. The van der Waals surface area contributed by atoms with Crippen LogP contribution in [0.1, 0.15) is 40.7 Å². The number of primary amides is 1. The Morgan fingerprint density at radius 3 is 2.32 bits per heavy atom. The number of phenols is 1. The number of likely N-dealkylation sites (tertiary alicyclic amines) is 1. The molecule has 4 aliphatic rings. The molecule has 0 aromatic heterocycles. The van der Waals surface area contributed by atoms with Crippen LogP contribution in [0.5, 0.6) is 5.75 Å². The fourth-order valence-corrected chi connectivity index (χ4v) is 7.53. The highest BCUT2D eigenvalue weighted by molar-refractivity contribution is 6.32. The molecule has 1 saturated heterocycles. The van der Waals surface area contributed by atoms with Gasteiger partial charge in [0.1, 0.15) is 11.9 Å². The molecule has 4 N–H and O–H groups in total. The SMILES string of the molecule is CN(C)c1cc(CN2CCC(F)CC2)c(O)c2c1C[C@H]1C[C@H]3[C@@H](N(C)C)C(=O)C(C(N)=O)C(=O)[C@@]3(O)C(=O)C1C2=O. The van der Waals surface area contributed by atoms with E-state index in [-0.39, 0.29) is 30.7 Å². The molecule has 0 spiro atoms. The molecule has 3 aliphatic carbocycles. The molecule has 0 bridgehead atoms. The van der Waals surface area contributed by atoms with Gasteiger partial charge in [-0.2, -0.15) is 0 Å². The number of Topliss-reactive ketones (excluding diaryl/α,β-unsaturated/α-hetero) is 4. The van der Waals surface area contributed by atoms with Crippen molar-refractivity contribution in [2.24, 2.45) is 29.4 Å². The first-order valence-electron chi connectivity index (χ1n) is 14.0. The molecule has 12 heteroatoms. The number of carbonyl (C=O) groups is 5. The number of carbonyl (C=O) groups excluding carboxylic acids is 5. The van der Waals surface area contributed by atoms with Crippen molar-refractivity contribution < 1.29 is 38.6 Å². The van der Waals surface area contributed by atoms with Crippen LogP contribution in [0.3, 0.4) is 0 Å². The Balaban J connectivity index is 1.59. The number of rotatable bonds is 5. The van der Waals surface area contributed by atoms with E-state index in [9.17, 15) is 38.6 Å². The van der Waals surface area contributed by atoms with Gasteiger partial charge >= 0.3 is 0 Å². The molecule has 11 nitrogen and oxygen atoms in total. The maximum atomic E-state index is 14.1. The predicted molar refractivity (Wildman–Crippen MR) is 145 cm³/mol. The summed E-state index contributed by atoms with van der Waals surface area (Å²) in [6.45, 7) is 1.27. The van der Waals surface area contributed by atoms with E-state index >= 15 is 0 Å². The number of benzene rings is 1. The van der Waals surface area contributed by atoms with E-state index in [1.165, 1.54) is 4.90 Å². The Kier molecular flexibility index (Phi) is 7.32. The van der Waals surface area contributed by atoms with Gasteiger partial charge < -0.3 is 20.8 Å². The fraction of sp³-hybridized carbons (Fsp3) is 0.621. The van der Waals surface area contributed by atoms with Crippen molar-refractivity contribution >= 4 is 34.7 Å². The lowest BCUT2D eigenvalue weighted by atomic mass is 9.52. The molecule has 1 aliphatic heterocycles. The highest BCUT2D eigenvalue weighted by atomic mass is 19.1. The van der Waals surface area contributed by atoms with Gasteiger partial charge in [0, 0.05) is 50.9 Å². The number of anilines is 1. The number of phenolic OH excluding ortho intramolecular Hbond substituents is 1. The number of aliphatic hydroxyl groups is 1. The van der Waals surface area contributed by atoms with Gasteiger partial charge in [-0.15, -0.1) is 0 Å². The van der Waals surface area contributed by atoms with Gasteiger partial charge in [-0.3, -0.25) is 33.8 Å². The van der Waals surface area contributed by atoms with Crippen molar-refractivity contribution in [2.45, 2.75) is 50.0 Å². The lowest BCUT2D eigenvalue weighted by molar-refractivity contribution is -0.181. The van der Waals surface area contributed by atoms with Crippen LogP contribution in [0.2, 0.25) is 0 Å². The second kappa shape index (κ2) is 10.2. The van der Waals surface area contributed by atoms with Crippen LogP contribution in [0, 0.1) is 23.7 Å². The zero-order chi connectivity index (χ0) is 30.1. The molecule has 0 radical (unpaired) electrons. The standard InChI is InChI=1S/C29H37FN4O7/c1-32(2)18-11-14(12-34-7-5-15(30)6-8-34)23(35)20-16(18)9-13-10-17-22(33(3)4)25(37)21(28(31)40)27(39)29(17,41)26(38)19(13)24(20)36/h11,13,15,17,19,21-22,35,41H,5-10,12H2,1-4H3,(H2,31,40)/t13-,17-,19?,21?,22+,29-/m0/s1. The molecule has 2 unspecified atom stereocenters. The molecule has 1 amide bonds. The van der Waals surface area contributed by atoms with Crippen molar-refractivity contribution in [1.29, 1.82) is 0 Å². The number of halogens is 1. The molecule has 41 heavy (non-hydrogen) atoms. The third-order valence-corrected chi connectivity index (χ3v) is 9.51. The van der Waals surface area contributed by atoms with E-state index < -0.39 is 70.5 Å². The molecule has 1 aromatic carbocycles. The van der Waals surface area contributed by atoms with Crippen molar-refractivity contribution in [1.82, 2.24) is 9.80 Å². The summed E-state index contributed by atoms with van der Waals surface area (Å²) < 4.78 is 13.7. The van der Waals surface area contributed by atoms with Crippen LogP contribution in [-0.4, -0.2) is 108 Å². The van der Waals surface area contributed by atoms with Gasteiger partial charge in [0.2, 0.25) is 5.91 Å². The van der Waals surface area contributed by atoms with Gasteiger partial charge in [-0.05, 0) is 57.3 Å². The summed E-state index contributed by atoms with van der Waals surface area (Å²) in [6.07, 6.45) is 0.0721. The first-order valence-corrected chi connectivity index (χ1v) is 14.0. The number of amides is 1. The van der Waals surface area contributed by atoms with Gasteiger partial charge in [0.15, 0.2) is 34.7 Å². The number of aromatic hydroxyl groups is 1. The summed E-state index contributed by atoms with van der Waals surface area (Å²) in [7, 11) is 6.71. The number of nitrogens with two attached hydrogens (primary N) is 1. The lowest BCUT2D eigenvalue weighted by Crippen LogP contribution is -2.74. The van der Waals surface area contributed by atoms with Crippen molar-refractivity contribution in [3.05, 3.63) is 22.8 Å². The molecular weight excluding hydrogens is 535 g/mol. The monoisotopic (exact) mass is 572 g/mol. The van der Waals surface area contributed by atoms with E-state index in [2.05, 4.69) is 0 Å². The average Bonchev–Trinajstić information content (AvgIpc) is 2.88. The Morgan fingerprint density at radius 1 is 1.12 bits per heavy atom. The minimum absolute atomic E-state index is 0.00253. The highest BCUT2D eigenvalue weighted by Gasteiger charge is 2.69. The number of hydrogen-bond acceptors (Lipinski definition) is 10. The van der Waals surface area contributed by atoms with Crippen molar-refractivity contribution in [3.63, 3.8) is 0 Å². The summed E-state index contributed by atoms with van der Waals surface area (Å²) in [5.74, 6) is -10.6. The first-order chi connectivity index (χ1) is 19.2. The highest BCUT2D eigenvalue weighted by Crippen LogP contribution is 2.52. The molecule has 6 atom stereocenters. The molecule has 222 valence electrons. The van der Waals surface area contributed by atoms with Gasteiger partial charge in [-0.1, -0.05) is 0 Å². The topological polar surface area (TPSA) is 162 Å². The number of fused-ring (bicyclic) bond motifs is 3. The first kappa shape index (κ1) is 29.3. The predicted octanol–water partition coefficient (Wildman–Crippen LogP) is -0.133. The summed E-state index contributed by atoms with van der Waals surface area (Å²) in [5.41, 5.74) is 4.27. The van der Waals surface area contributed by atoms with Crippen molar-refractivity contribution in [2.75, 3.05) is 46.2 Å². The summed E-state index contributed by atoms with van der Waals surface area (Å²) in [4.78, 5) is 72.2. The van der Waals surface area contributed by atoms with Gasteiger partial charge in [-0.25, -0.2) is 4.39 Å². The maximum Gasteiger partial charge on any atom is 0.235 e. The Hall–Kier alpha value is -3.22. The van der Waals surface area contributed by atoms with Crippen LogP contribution >= 0.6 is 0 Å². The van der Waals surface area contributed by atoms with E-state index in [0.29, 0.717) is 42.7 Å². The molecule has 1 heterocycles. The van der Waals surface area contributed by atoms with Gasteiger partial charge in [0.25, 0.3) is 0 Å². The average molecular weight is 573 g/mol. The largest absolute Gasteiger partial charge is 0.507 e. The van der Waals surface area contributed by atoms with Crippen molar-refractivity contribution in [3.8, 4) is 5.75 Å².